The lowest BCUT2D eigenvalue weighted by Gasteiger charge is -2.16. The Morgan fingerprint density at radius 3 is 2.36 bits per heavy atom. The minimum absolute atomic E-state index is 0.0700. The first-order chi connectivity index (χ1) is 21.8. The van der Waals surface area contributed by atoms with Crippen molar-refractivity contribution in [2.24, 2.45) is 0 Å². The zero-order valence-corrected chi connectivity index (χ0v) is 26.6. The van der Waals surface area contributed by atoms with Crippen molar-refractivity contribution in [2.75, 3.05) is 10.6 Å². The molecule has 0 aromatic heterocycles. The SMILES string of the molecule is CCC(Sc1cccc(NC(=O)/C(=C\c2cccc3ccccc23)NC(=O)c2ccccc2)c1)C(=O)Nc1ccc(Br)cc1F. The Morgan fingerprint density at radius 1 is 0.844 bits per heavy atom. The number of hydrogen-bond acceptors (Lipinski definition) is 4. The zero-order valence-electron chi connectivity index (χ0n) is 24.2. The number of carbonyl (C=O) groups excluding carboxylic acids is 3. The first-order valence-corrected chi connectivity index (χ1v) is 15.9. The predicted molar refractivity (Wildman–Crippen MR) is 184 cm³/mol. The third-order valence-electron chi connectivity index (χ3n) is 6.87. The van der Waals surface area contributed by atoms with Crippen LogP contribution in [0.3, 0.4) is 0 Å². The molecule has 3 amide bonds. The molecule has 6 nitrogen and oxygen atoms in total. The molecule has 5 rings (SSSR count). The molecule has 0 aliphatic rings. The van der Waals surface area contributed by atoms with E-state index in [0.717, 1.165) is 21.2 Å². The average molecular weight is 683 g/mol. The summed E-state index contributed by atoms with van der Waals surface area (Å²) < 4.78 is 14.9. The lowest BCUT2D eigenvalue weighted by Crippen LogP contribution is -2.30. The van der Waals surface area contributed by atoms with Crippen LogP contribution in [0.1, 0.15) is 29.3 Å². The molecule has 5 aromatic carbocycles. The molecule has 3 N–H and O–H groups in total. The minimum atomic E-state index is -0.533. The van der Waals surface area contributed by atoms with E-state index in [1.54, 1.807) is 54.6 Å². The normalized spacial score (nSPS) is 11.9. The van der Waals surface area contributed by atoms with Crippen LogP contribution >= 0.6 is 27.7 Å². The lowest BCUT2D eigenvalue weighted by atomic mass is 10.0. The molecule has 1 unspecified atom stereocenters. The number of nitrogens with one attached hydrogen (secondary N) is 3. The number of thioether (sulfide) groups is 1. The van der Waals surface area contributed by atoms with Crippen molar-refractivity contribution >= 4 is 73.6 Å². The number of carbonyl (C=O) groups is 3. The number of halogens is 2. The van der Waals surface area contributed by atoms with Crippen LogP contribution in [0.5, 0.6) is 0 Å². The van der Waals surface area contributed by atoms with Gasteiger partial charge < -0.3 is 16.0 Å². The number of rotatable bonds is 10. The van der Waals surface area contributed by atoms with Gasteiger partial charge in [0, 0.05) is 20.6 Å². The molecular formula is C36H29BrFN3O3S. The van der Waals surface area contributed by atoms with E-state index < -0.39 is 22.9 Å². The molecule has 0 fully saturated rings. The van der Waals surface area contributed by atoms with Gasteiger partial charge in [-0.25, -0.2) is 4.39 Å². The Bertz CT molecular complexity index is 1890. The molecule has 0 aliphatic heterocycles. The maximum Gasteiger partial charge on any atom is 0.272 e. The van der Waals surface area contributed by atoms with Crippen molar-refractivity contribution < 1.29 is 18.8 Å². The highest BCUT2D eigenvalue weighted by Gasteiger charge is 2.20. The molecule has 0 saturated heterocycles. The van der Waals surface area contributed by atoms with Gasteiger partial charge in [-0.2, -0.15) is 0 Å². The van der Waals surface area contributed by atoms with Crippen molar-refractivity contribution in [3.05, 3.63) is 142 Å². The van der Waals surface area contributed by atoms with Crippen molar-refractivity contribution in [2.45, 2.75) is 23.5 Å². The molecule has 0 aliphatic carbocycles. The number of hydrogen-bond donors (Lipinski definition) is 3. The molecule has 9 heteroatoms. The monoisotopic (exact) mass is 681 g/mol. The number of fused-ring (bicyclic) bond motifs is 1. The maximum absolute atomic E-state index is 14.3. The van der Waals surface area contributed by atoms with Gasteiger partial charge in [-0.15, -0.1) is 11.8 Å². The van der Waals surface area contributed by atoms with Gasteiger partial charge in [-0.05, 0) is 77.4 Å². The number of benzene rings is 5. The number of amides is 3. The van der Waals surface area contributed by atoms with E-state index in [4.69, 9.17) is 0 Å². The van der Waals surface area contributed by atoms with Crippen molar-refractivity contribution in [1.29, 1.82) is 0 Å². The topological polar surface area (TPSA) is 87.3 Å². The molecule has 226 valence electrons. The summed E-state index contributed by atoms with van der Waals surface area (Å²) in [7, 11) is 0. The second-order valence-electron chi connectivity index (χ2n) is 10.1. The maximum atomic E-state index is 14.3. The van der Waals surface area contributed by atoms with Crippen molar-refractivity contribution in [1.82, 2.24) is 5.32 Å². The van der Waals surface area contributed by atoms with Crippen LogP contribution in [0.15, 0.2) is 130 Å². The van der Waals surface area contributed by atoms with E-state index in [-0.39, 0.29) is 17.3 Å². The quantitative estimate of drug-likeness (QED) is 0.102. The van der Waals surface area contributed by atoms with Crippen LogP contribution in [0.2, 0.25) is 0 Å². The third kappa shape index (κ3) is 8.26. The standard InChI is InChI=1S/C36H29BrFN3O3S/c1-2-33(36(44)40-31-19-18-26(37)21-30(31)38)45-28-16-9-15-27(22-28)39-35(43)32(41-34(42)24-11-4-3-5-12-24)20-25-14-8-13-23-10-6-7-17-29(23)25/h3-22,33H,2H2,1H3,(H,39,43)(H,40,44)(H,41,42)/b32-20+. The molecular weight excluding hydrogens is 653 g/mol. The Hall–Kier alpha value is -4.73. The van der Waals surface area contributed by atoms with Crippen LogP contribution in [-0.2, 0) is 9.59 Å². The third-order valence-corrected chi connectivity index (χ3v) is 8.73. The van der Waals surface area contributed by atoms with Gasteiger partial charge in [0.05, 0.1) is 10.9 Å². The summed E-state index contributed by atoms with van der Waals surface area (Å²) in [4.78, 5) is 40.5. The summed E-state index contributed by atoms with van der Waals surface area (Å²) in [5.74, 6) is -1.79. The van der Waals surface area contributed by atoms with Gasteiger partial charge in [-0.1, -0.05) is 89.6 Å². The highest BCUT2D eigenvalue weighted by molar-refractivity contribution is 9.10. The summed E-state index contributed by atoms with van der Waals surface area (Å²) >= 11 is 4.53. The number of anilines is 2. The molecule has 0 spiro atoms. The van der Waals surface area contributed by atoms with E-state index >= 15 is 0 Å². The van der Waals surface area contributed by atoms with Gasteiger partial charge in [0.2, 0.25) is 5.91 Å². The highest BCUT2D eigenvalue weighted by Crippen LogP contribution is 2.30. The summed E-state index contributed by atoms with van der Waals surface area (Å²) in [5, 5.41) is 9.77. The second kappa shape index (κ2) is 14.8. The molecule has 0 saturated carbocycles. The van der Waals surface area contributed by atoms with E-state index in [1.165, 1.54) is 23.9 Å². The zero-order chi connectivity index (χ0) is 31.8. The van der Waals surface area contributed by atoms with E-state index in [9.17, 15) is 18.8 Å². The van der Waals surface area contributed by atoms with Crippen molar-refractivity contribution in [3.63, 3.8) is 0 Å². The molecule has 5 aromatic rings. The Morgan fingerprint density at radius 2 is 1.58 bits per heavy atom. The molecule has 0 bridgehead atoms. The largest absolute Gasteiger partial charge is 0.323 e. The van der Waals surface area contributed by atoms with Gasteiger partial charge in [0.25, 0.3) is 11.8 Å². The first kappa shape index (κ1) is 31.7. The fourth-order valence-electron chi connectivity index (χ4n) is 4.61. The van der Waals surface area contributed by atoms with Gasteiger partial charge in [0.1, 0.15) is 11.5 Å². The molecule has 1 atom stereocenters. The molecule has 0 heterocycles. The second-order valence-corrected chi connectivity index (χ2v) is 12.2. The first-order valence-electron chi connectivity index (χ1n) is 14.2. The fraction of sp³-hybridized carbons (Fsp3) is 0.0833. The van der Waals surface area contributed by atoms with Crippen molar-refractivity contribution in [3.8, 4) is 0 Å². The smallest absolute Gasteiger partial charge is 0.272 e. The summed E-state index contributed by atoms with van der Waals surface area (Å²) in [5.41, 5.74) is 1.85. The van der Waals surface area contributed by atoms with Gasteiger partial charge in [-0.3, -0.25) is 14.4 Å². The van der Waals surface area contributed by atoms with Crippen LogP contribution in [0.25, 0.3) is 16.8 Å². The van der Waals surface area contributed by atoms with Crippen LogP contribution in [0, 0.1) is 5.82 Å². The van der Waals surface area contributed by atoms with Gasteiger partial charge >= 0.3 is 0 Å². The van der Waals surface area contributed by atoms with Gasteiger partial charge in [0.15, 0.2) is 0 Å². The van der Waals surface area contributed by atoms with E-state index in [2.05, 4.69) is 31.9 Å². The van der Waals surface area contributed by atoms with Crippen LogP contribution in [0.4, 0.5) is 15.8 Å². The van der Waals surface area contributed by atoms with Crippen LogP contribution in [-0.4, -0.2) is 23.0 Å². The van der Waals surface area contributed by atoms with E-state index in [0.29, 0.717) is 22.1 Å². The highest BCUT2D eigenvalue weighted by atomic mass is 79.9. The molecule has 45 heavy (non-hydrogen) atoms. The summed E-state index contributed by atoms with van der Waals surface area (Å²) in [6, 6.07) is 33.8. The Kier molecular flexibility index (Phi) is 10.4. The van der Waals surface area contributed by atoms with E-state index in [1.807, 2.05) is 61.5 Å². The van der Waals surface area contributed by atoms with Crippen LogP contribution < -0.4 is 16.0 Å². The summed E-state index contributed by atoms with van der Waals surface area (Å²) in [6.07, 6.45) is 2.16. The Balaban J connectivity index is 1.36. The summed E-state index contributed by atoms with van der Waals surface area (Å²) in [6.45, 7) is 1.88. The fourth-order valence-corrected chi connectivity index (χ4v) is 5.96. The minimum Gasteiger partial charge on any atom is -0.323 e. The predicted octanol–water partition coefficient (Wildman–Crippen LogP) is 8.66. The Labute approximate surface area is 273 Å². The lowest BCUT2D eigenvalue weighted by molar-refractivity contribution is -0.116. The average Bonchev–Trinajstić information content (AvgIpc) is 3.05. The molecule has 0 radical (unpaired) electrons.